The number of nitrogens with one attached hydrogen (secondary N) is 1. The van der Waals surface area contributed by atoms with E-state index in [1.54, 1.807) is 12.1 Å². The van der Waals surface area contributed by atoms with Gasteiger partial charge >= 0.3 is 0 Å². The van der Waals surface area contributed by atoms with Crippen LogP contribution in [0.2, 0.25) is 10.0 Å². The number of para-hydroxylation sites is 3. The van der Waals surface area contributed by atoms with Gasteiger partial charge in [0, 0.05) is 11.6 Å². The van der Waals surface area contributed by atoms with Gasteiger partial charge in [0.15, 0.2) is 0 Å². The van der Waals surface area contributed by atoms with Crippen molar-refractivity contribution in [3.05, 3.63) is 94.2 Å². The molecule has 3 aromatic carbocycles. The molecule has 0 fully saturated rings. The number of rotatable bonds is 10. The van der Waals surface area contributed by atoms with E-state index in [0.717, 1.165) is 41.8 Å². The molecule has 0 saturated heterocycles. The van der Waals surface area contributed by atoms with E-state index in [9.17, 15) is 4.79 Å². The molecule has 0 aliphatic heterocycles. The van der Waals surface area contributed by atoms with Gasteiger partial charge in [-0.2, -0.15) is 0 Å². The van der Waals surface area contributed by atoms with E-state index in [4.69, 9.17) is 32.9 Å². The summed E-state index contributed by atoms with van der Waals surface area (Å²) in [5.74, 6) is 1.49. The highest BCUT2D eigenvalue weighted by Crippen LogP contribution is 2.24. The highest BCUT2D eigenvalue weighted by atomic mass is 35.5. The molecule has 4 aromatic rings. The van der Waals surface area contributed by atoms with E-state index in [0.29, 0.717) is 28.8 Å². The second-order valence-corrected chi connectivity index (χ2v) is 9.03. The Hall–Kier alpha value is -3.02. The van der Waals surface area contributed by atoms with Crippen LogP contribution in [0.4, 0.5) is 0 Å². The van der Waals surface area contributed by atoms with Crippen molar-refractivity contribution in [2.75, 3.05) is 6.61 Å². The van der Waals surface area contributed by atoms with Crippen LogP contribution in [0.25, 0.3) is 11.0 Å². The maximum absolute atomic E-state index is 12.7. The number of amides is 1. The first-order valence-corrected chi connectivity index (χ1v) is 12.1. The zero-order chi connectivity index (χ0) is 23.9. The Morgan fingerprint density at radius 2 is 1.74 bits per heavy atom. The molecule has 1 heterocycles. The van der Waals surface area contributed by atoms with E-state index >= 15 is 0 Å². The lowest BCUT2D eigenvalue weighted by Crippen LogP contribution is -2.30. The van der Waals surface area contributed by atoms with Crippen LogP contribution in [0.3, 0.4) is 0 Å². The van der Waals surface area contributed by atoms with Crippen molar-refractivity contribution in [1.82, 2.24) is 14.9 Å². The van der Waals surface area contributed by atoms with Gasteiger partial charge in [-0.05, 0) is 61.7 Å². The van der Waals surface area contributed by atoms with Gasteiger partial charge in [-0.15, -0.1) is 0 Å². The molecular weight excluding hydrogens is 469 g/mol. The average Bonchev–Trinajstić information content (AvgIpc) is 3.20. The fourth-order valence-corrected chi connectivity index (χ4v) is 4.24. The van der Waals surface area contributed by atoms with Crippen molar-refractivity contribution in [3.63, 3.8) is 0 Å². The number of fused-ring (bicyclic) bond motifs is 1. The van der Waals surface area contributed by atoms with Gasteiger partial charge in [0.2, 0.25) is 5.91 Å². The number of aromatic nitrogens is 2. The van der Waals surface area contributed by atoms with E-state index in [2.05, 4.69) is 16.0 Å². The Morgan fingerprint density at radius 3 is 2.53 bits per heavy atom. The molecule has 1 unspecified atom stereocenters. The van der Waals surface area contributed by atoms with Crippen LogP contribution in [0.1, 0.15) is 37.2 Å². The molecule has 0 spiro atoms. The van der Waals surface area contributed by atoms with Gasteiger partial charge in [-0.1, -0.05) is 59.6 Å². The second-order valence-electron chi connectivity index (χ2n) is 8.19. The van der Waals surface area contributed by atoms with Crippen LogP contribution in [-0.4, -0.2) is 22.1 Å². The molecule has 176 valence electrons. The number of imidazole rings is 1. The molecule has 5 nitrogen and oxygen atoms in total. The molecule has 0 saturated carbocycles. The van der Waals surface area contributed by atoms with E-state index in [-0.39, 0.29) is 11.9 Å². The lowest BCUT2D eigenvalue weighted by Gasteiger charge is -2.17. The van der Waals surface area contributed by atoms with Gasteiger partial charge in [-0.25, -0.2) is 4.98 Å². The number of halogens is 2. The SMILES string of the molecule is CC(NC(=O)Cc1ccc(Cl)cc1)c1nc2ccccc2n1CCCCOc1ccccc1Cl. The summed E-state index contributed by atoms with van der Waals surface area (Å²) >= 11 is 12.1. The smallest absolute Gasteiger partial charge is 0.224 e. The van der Waals surface area contributed by atoms with Crippen LogP contribution in [0.5, 0.6) is 5.75 Å². The standard InChI is InChI=1S/C27H27Cl2N3O2/c1-19(30-26(33)18-20-12-14-21(28)15-13-20)27-31-23-9-3-4-10-24(23)32(27)16-6-7-17-34-25-11-5-2-8-22(25)29/h2-5,8-15,19H,6-7,16-18H2,1H3,(H,30,33). The lowest BCUT2D eigenvalue weighted by atomic mass is 10.1. The van der Waals surface area contributed by atoms with Gasteiger partial charge in [0.25, 0.3) is 0 Å². The first kappa shape index (κ1) is 24.1. The Morgan fingerprint density at radius 1 is 1.00 bits per heavy atom. The van der Waals surface area contributed by atoms with Gasteiger partial charge in [-0.3, -0.25) is 4.79 Å². The molecule has 1 amide bonds. The predicted octanol–water partition coefficient (Wildman–Crippen LogP) is 6.62. The summed E-state index contributed by atoms with van der Waals surface area (Å²) in [4.78, 5) is 17.5. The second kappa shape index (κ2) is 11.4. The zero-order valence-corrected chi connectivity index (χ0v) is 20.5. The number of unbranched alkanes of at least 4 members (excludes halogenated alkanes) is 1. The number of hydrogen-bond donors (Lipinski definition) is 1. The number of aryl methyl sites for hydroxylation is 1. The molecule has 4 rings (SSSR count). The Balaban J connectivity index is 1.39. The minimum absolute atomic E-state index is 0.0541. The van der Waals surface area contributed by atoms with Crippen molar-refractivity contribution >= 4 is 40.1 Å². The van der Waals surface area contributed by atoms with Crippen LogP contribution in [0, 0.1) is 0 Å². The number of carbonyl (C=O) groups is 1. The summed E-state index contributed by atoms with van der Waals surface area (Å²) < 4.78 is 8.01. The Labute approximate surface area is 209 Å². The number of carbonyl (C=O) groups excluding carboxylic acids is 1. The highest BCUT2D eigenvalue weighted by Gasteiger charge is 2.18. The quantitative estimate of drug-likeness (QED) is 0.251. The Bertz CT molecular complexity index is 1250. The molecule has 1 N–H and O–H groups in total. The molecule has 0 bridgehead atoms. The van der Waals surface area contributed by atoms with Crippen molar-refractivity contribution in [2.24, 2.45) is 0 Å². The molecule has 34 heavy (non-hydrogen) atoms. The minimum Gasteiger partial charge on any atom is -0.492 e. The van der Waals surface area contributed by atoms with E-state index < -0.39 is 0 Å². The average molecular weight is 496 g/mol. The minimum atomic E-state index is -0.230. The fourth-order valence-electron chi connectivity index (χ4n) is 3.92. The summed E-state index contributed by atoms with van der Waals surface area (Å²) in [6, 6.07) is 22.6. The van der Waals surface area contributed by atoms with Gasteiger partial charge in [0.05, 0.1) is 35.1 Å². The van der Waals surface area contributed by atoms with Crippen molar-refractivity contribution in [2.45, 2.75) is 38.8 Å². The van der Waals surface area contributed by atoms with Crippen molar-refractivity contribution in [3.8, 4) is 5.75 Å². The predicted molar refractivity (Wildman–Crippen MR) is 138 cm³/mol. The van der Waals surface area contributed by atoms with Crippen molar-refractivity contribution in [1.29, 1.82) is 0 Å². The van der Waals surface area contributed by atoms with Gasteiger partial charge in [0.1, 0.15) is 11.6 Å². The molecule has 0 aliphatic carbocycles. The first-order valence-electron chi connectivity index (χ1n) is 11.4. The third kappa shape index (κ3) is 6.10. The number of benzene rings is 3. The number of hydrogen-bond acceptors (Lipinski definition) is 3. The fraction of sp³-hybridized carbons (Fsp3) is 0.259. The molecule has 7 heteroatoms. The van der Waals surface area contributed by atoms with Gasteiger partial charge < -0.3 is 14.6 Å². The van der Waals surface area contributed by atoms with E-state index in [1.807, 2.05) is 61.5 Å². The summed E-state index contributed by atoms with van der Waals surface area (Å²) in [5, 5.41) is 4.37. The summed E-state index contributed by atoms with van der Waals surface area (Å²) in [7, 11) is 0. The third-order valence-corrected chi connectivity index (χ3v) is 6.16. The summed E-state index contributed by atoms with van der Waals surface area (Å²) in [5.41, 5.74) is 2.90. The number of ether oxygens (including phenoxy) is 1. The van der Waals surface area contributed by atoms with E-state index in [1.165, 1.54) is 0 Å². The first-order chi connectivity index (χ1) is 16.5. The Kier molecular flexibility index (Phi) is 8.09. The largest absolute Gasteiger partial charge is 0.492 e. The normalized spacial score (nSPS) is 12.0. The lowest BCUT2D eigenvalue weighted by molar-refractivity contribution is -0.121. The van der Waals surface area contributed by atoms with Crippen molar-refractivity contribution < 1.29 is 9.53 Å². The summed E-state index contributed by atoms with van der Waals surface area (Å²) in [6.45, 7) is 3.33. The van der Waals surface area contributed by atoms with Crippen LogP contribution in [0.15, 0.2) is 72.8 Å². The molecular formula is C27H27Cl2N3O2. The molecule has 1 atom stereocenters. The van der Waals surface area contributed by atoms with Crippen LogP contribution in [-0.2, 0) is 17.8 Å². The highest BCUT2D eigenvalue weighted by molar-refractivity contribution is 6.32. The zero-order valence-electron chi connectivity index (χ0n) is 19.0. The summed E-state index contributed by atoms with van der Waals surface area (Å²) in [6.07, 6.45) is 2.07. The third-order valence-electron chi connectivity index (χ3n) is 5.60. The monoisotopic (exact) mass is 495 g/mol. The molecule has 1 aromatic heterocycles. The topological polar surface area (TPSA) is 56.2 Å². The molecule has 0 radical (unpaired) electrons. The van der Waals surface area contributed by atoms with Crippen LogP contribution >= 0.6 is 23.2 Å². The maximum atomic E-state index is 12.7. The maximum Gasteiger partial charge on any atom is 0.224 e. The molecule has 0 aliphatic rings. The number of nitrogens with zero attached hydrogens (tertiary/aromatic N) is 2. The van der Waals surface area contributed by atoms with Crippen LogP contribution < -0.4 is 10.1 Å².